The van der Waals surface area contributed by atoms with E-state index in [1.807, 2.05) is 45.0 Å². The molecule has 1 heterocycles. The maximum absolute atomic E-state index is 6.29. The molecule has 20 heavy (non-hydrogen) atoms. The van der Waals surface area contributed by atoms with Crippen molar-refractivity contribution in [3.8, 4) is 11.1 Å². The molecule has 0 N–H and O–H groups in total. The van der Waals surface area contributed by atoms with Crippen molar-refractivity contribution in [3.63, 3.8) is 0 Å². The van der Waals surface area contributed by atoms with E-state index in [2.05, 4.69) is 9.97 Å². The Bertz CT molecular complexity index is 619. The van der Waals surface area contributed by atoms with Crippen LogP contribution in [0.5, 0.6) is 0 Å². The van der Waals surface area contributed by atoms with Crippen molar-refractivity contribution in [2.75, 3.05) is 7.11 Å². The summed E-state index contributed by atoms with van der Waals surface area (Å²) in [5.74, 6) is 0.464. The standard InChI is InChI=1S/C15H16Cl2N2O/c1-9-6-5-7-10(8-9)11-12(16)18-14(19-13(11)17)15(2,3)20-4/h5-8H,1-4H3. The van der Waals surface area contributed by atoms with Gasteiger partial charge in [0.05, 0.1) is 5.56 Å². The number of hydrogen-bond donors (Lipinski definition) is 0. The summed E-state index contributed by atoms with van der Waals surface area (Å²) < 4.78 is 5.36. The third kappa shape index (κ3) is 2.95. The Morgan fingerprint density at radius 1 is 1.10 bits per heavy atom. The molecule has 0 aliphatic rings. The molecule has 1 aromatic heterocycles. The lowest BCUT2D eigenvalue weighted by molar-refractivity contribution is 0.0115. The largest absolute Gasteiger partial charge is 0.371 e. The van der Waals surface area contributed by atoms with Crippen molar-refractivity contribution in [1.29, 1.82) is 0 Å². The first kappa shape index (κ1) is 15.2. The molecule has 0 radical (unpaired) electrons. The van der Waals surface area contributed by atoms with E-state index in [0.29, 0.717) is 21.7 Å². The van der Waals surface area contributed by atoms with Crippen LogP contribution in [0.25, 0.3) is 11.1 Å². The van der Waals surface area contributed by atoms with Crippen LogP contribution in [0, 0.1) is 6.92 Å². The Morgan fingerprint density at radius 2 is 1.70 bits per heavy atom. The van der Waals surface area contributed by atoms with E-state index < -0.39 is 5.60 Å². The number of halogens is 2. The van der Waals surface area contributed by atoms with E-state index in [9.17, 15) is 0 Å². The molecule has 106 valence electrons. The molecule has 0 spiro atoms. The average Bonchev–Trinajstić information content (AvgIpc) is 2.38. The number of methoxy groups -OCH3 is 1. The number of aromatic nitrogens is 2. The number of aryl methyl sites for hydroxylation is 1. The molecule has 5 heteroatoms. The monoisotopic (exact) mass is 310 g/mol. The van der Waals surface area contributed by atoms with Gasteiger partial charge in [0.25, 0.3) is 0 Å². The second kappa shape index (κ2) is 5.68. The van der Waals surface area contributed by atoms with Crippen LogP contribution >= 0.6 is 23.2 Å². The molecule has 0 atom stereocenters. The van der Waals surface area contributed by atoms with Crippen molar-refractivity contribution in [2.45, 2.75) is 26.4 Å². The average molecular weight is 311 g/mol. The van der Waals surface area contributed by atoms with E-state index in [1.54, 1.807) is 7.11 Å². The maximum Gasteiger partial charge on any atom is 0.163 e. The van der Waals surface area contributed by atoms with Crippen LogP contribution in [-0.2, 0) is 10.3 Å². The summed E-state index contributed by atoms with van der Waals surface area (Å²) in [6, 6.07) is 7.89. The Labute approximate surface area is 128 Å². The minimum Gasteiger partial charge on any atom is -0.371 e. The molecule has 0 saturated heterocycles. The highest BCUT2D eigenvalue weighted by Crippen LogP contribution is 2.34. The van der Waals surface area contributed by atoms with Crippen molar-refractivity contribution in [2.24, 2.45) is 0 Å². The second-order valence-electron chi connectivity index (χ2n) is 5.09. The molecule has 0 aliphatic heterocycles. The molecule has 1 aromatic carbocycles. The molecular weight excluding hydrogens is 295 g/mol. The van der Waals surface area contributed by atoms with E-state index in [-0.39, 0.29) is 0 Å². The van der Waals surface area contributed by atoms with Gasteiger partial charge in [0.1, 0.15) is 15.9 Å². The molecule has 0 aliphatic carbocycles. The zero-order valence-corrected chi connectivity index (χ0v) is 13.4. The van der Waals surface area contributed by atoms with Gasteiger partial charge in [-0.2, -0.15) is 0 Å². The van der Waals surface area contributed by atoms with E-state index in [1.165, 1.54) is 0 Å². The second-order valence-corrected chi connectivity index (χ2v) is 5.80. The lowest BCUT2D eigenvalue weighted by Crippen LogP contribution is -2.23. The summed E-state index contributed by atoms with van der Waals surface area (Å²) in [5, 5.41) is 0.659. The molecule has 0 amide bonds. The molecule has 0 fully saturated rings. The Hall–Kier alpha value is -1.16. The third-order valence-corrected chi connectivity index (χ3v) is 3.72. The fraction of sp³-hybridized carbons (Fsp3) is 0.333. The topological polar surface area (TPSA) is 35.0 Å². The highest BCUT2D eigenvalue weighted by Gasteiger charge is 2.26. The number of ether oxygens (including phenoxy) is 1. The van der Waals surface area contributed by atoms with Gasteiger partial charge < -0.3 is 4.74 Å². The highest BCUT2D eigenvalue weighted by atomic mass is 35.5. The first-order valence-corrected chi connectivity index (χ1v) is 6.96. The van der Waals surface area contributed by atoms with Crippen LogP contribution in [-0.4, -0.2) is 17.1 Å². The number of rotatable bonds is 3. The minimum absolute atomic E-state index is 0.329. The smallest absolute Gasteiger partial charge is 0.163 e. The van der Waals surface area contributed by atoms with Crippen LogP contribution in [0.4, 0.5) is 0 Å². The molecule has 2 rings (SSSR count). The normalized spacial score (nSPS) is 11.7. The summed E-state index contributed by atoms with van der Waals surface area (Å²) in [7, 11) is 1.60. The van der Waals surface area contributed by atoms with Gasteiger partial charge in [-0.25, -0.2) is 9.97 Å². The van der Waals surface area contributed by atoms with Crippen molar-refractivity contribution >= 4 is 23.2 Å². The Kier molecular flexibility index (Phi) is 4.33. The minimum atomic E-state index is -0.640. The predicted octanol–water partition coefficient (Wildman–Crippen LogP) is 4.64. The summed E-state index contributed by atoms with van der Waals surface area (Å²) in [5.41, 5.74) is 2.03. The van der Waals surface area contributed by atoms with E-state index in [0.717, 1.165) is 11.1 Å². The first-order chi connectivity index (χ1) is 9.35. The highest BCUT2D eigenvalue weighted by molar-refractivity contribution is 6.37. The van der Waals surface area contributed by atoms with Gasteiger partial charge in [-0.3, -0.25) is 0 Å². The van der Waals surface area contributed by atoms with Gasteiger partial charge in [-0.05, 0) is 26.3 Å². The summed E-state index contributed by atoms with van der Waals surface area (Å²) in [6.07, 6.45) is 0. The number of hydrogen-bond acceptors (Lipinski definition) is 3. The van der Waals surface area contributed by atoms with Crippen molar-refractivity contribution in [1.82, 2.24) is 9.97 Å². The Morgan fingerprint density at radius 3 is 2.20 bits per heavy atom. The molecule has 3 nitrogen and oxygen atoms in total. The summed E-state index contributed by atoms with van der Waals surface area (Å²) >= 11 is 12.6. The van der Waals surface area contributed by atoms with Gasteiger partial charge in [0, 0.05) is 7.11 Å². The van der Waals surface area contributed by atoms with E-state index in [4.69, 9.17) is 27.9 Å². The quantitative estimate of drug-likeness (QED) is 0.775. The summed E-state index contributed by atoms with van der Waals surface area (Å²) in [4.78, 5) is 8.65. The van der Waals surface area contributed by atoms with Crippen LogP contribution in [0.3, 0.4) is 0 Å². The van der Waals surface area contributed by atoms with Crippen molar-refractivity contribution < 1.29 is 4.74 Å². The predicted molar refractivity (Wildman–Crippen MR) is 82.3 cm³/mol. The maximum atomic E-state index is 6.29. The zero-order valence-electron chi connectivity index (χ0n) is 11.9. The lowest BCUT2D eigenvalue weighted by Gasteiger charge is -2.22. The fourth-order valence-electron chi connectivity index (χ4n) is 1.81. The fourth-order valence-corrected chi connectivity index (χ4v) is 2.41. The van der Waals surface area contributed by atoms with Crippen LogP contribution < -0.4 is 0 Å². The van der Waals surface area contributed by atoms with Gasteiger partial charge in [0.15, 0.2) is 5.82 Å². The number of nitrogens with zero attached hydrogens (tertiary/aromatic N) is 2. The zero-order chi connectivity index (χ0) is 14.9. The van der Waals surface area contributed by atoms with Crippen LogP contribution in [0.2, 0.25) is 10.3 Å². The van der Waals surface area contributed by atoms with Crippen LogP contribution in [0.15, 0.2) is 24.3 Å². The van der Waals surface area contributed by atoms with Gasteiger partial charge in [-0.1, -0.05) is 53.0 Å². The summed E-state index contributed by atoms with van der Waals surface area (Å²) in [6.45, 7) is 5.73. The number of benzene rings is 1. The SMILES string of the molecule is COC(C)(C)c1nc(Cl)c(-c2cccc(C)c2)c(Cl)n1. The van der Waals surface area contributed by atoms with Crippen molar-refractivity contribution in [3.05, 3.63) is 46.0 Å². The molecule has 0 unspecified atom stereocenters. The Balaban J connectivity index is 2.58. The molecule has 0 saturated carbocycles. The third-order valence-electron chi connectivity index (χ3n) is 3.18. The molecule has 2 aromatic rings. The molecule has 0 bridgehead atoms. The van der Waals surface area contributed by atoms with Crippen LogP contribution in [0.1, 0.15) is 25.2 Å². The van der Waals surface area contributed by atoms with E-state index >= 15 is 0 Å². The van der Waals surface area contributed by atoms with Gasteiger partial charge >= 0.3 is 0 Å². The van der Waals surface area contributed by atoms with Gasteiger partial charge in [-0.15, -0.1) is 0 Å². The lowest BCUT2D eigenvalue weighted by atomic mass is 10.1. The van der Waals surface area contributed by atoms with Gasteiger partial charge in [0.2, 0.25) is 0 Å². The first-order valence-electron chi connectivity index (χ1n) is 6.21. The molecular formula is C15H16Cl2N2O.